The molecule has 0 aliphatic heterocycles. The fourth-order valence-corrected chi connectivity index (χ4v) is 5.42. The maximum Gasteiger partial charge on any atom is 0.129 e. The molecular formula is C41H54Cl2N4O. The van der Waals surface area contributed by atoms with Crippen LogP contribution in [0.1, 0.15) is 87.5 Å². The quantitative estimate of drug-likeness (QED) is 0.184. The van der Waals surface area contributed by atoms with Gasteiger partial charge in [-0.15, -0.1) is 0 Å². The van der Waals surface area contributed by atoms with Gasteiger partial charge < -0.3 is 10.8 Å². The Morgan fingerprint density at radius 1 is 0.521 bits per heavy atom. The Kier molecular flexibility index (Phi) is 19.5. The molecule has 5 nitrogen and oxygen atoms in total. The zero-order chi connectivity index (χ0) is 36.4. The van der Waals surface area contributed by atoms with Gasteiger partial charge in [0.25, 0.3) is 0 Å². The highest BCUT2D eigenvalue weighted by Gasteiger charge is 2.08. The van der Waals surface area contributed by atoms with Gasteiger partial charge in [-0.2, -0.15) is 0 Å². The van der Waals surface area contributed by atoms with Crippen molar-refractivity contribution in [1.82, 2.24) is 15.0 Å². The van der Waals surface area contributed by atoms with E-state index in [0.29, 0.717) is 16.2 Å². The molecule has 7 heteroatoms. The first-order chi connectivity index (χ1) is 22.6. The molecule has 5 aromatic rings. The van der Waals surface area contributed by atoms with E-state index in [9.17, 15) is 0 Å². The second-order valence-electron chi connectivity index (χ2n) is 12.2. The van der Waals surface area contributed by atoms with Crippen LogP contribution in [-0.2, 0) is 6.42 Å². The summed E-state index contributed by atoms with van der Waals surface area (Å²) >= 11 is 11.3. The maximum atomic E-state index is 7.00. The average Bonchev–Trinajstić information content (AvgIpc) is 2.98. The number of aliphatic hydroxyl groups is 1. The van der Waals surface area contributed by atoms with Crippen molar-refractivity contribution < 1.29 is 5.11 Å². The van der Waals surface area contributed by atoms with Crippen molar-refractivity contribution in [2.75, 3.05) is 7.11 Å². The number of aryl methyl sites for hydroxylation is 8. The molecule has 3 aromatic heterocycles. The van der Waals surface area contributed by atoms with Gasteiger partial charge in [0.15, 0.2) is 0 Å². The third kappa shape index (κ3) is 17.5. The molecule has 0 amide bonds. The Morgan fingerprint density at radius 2 is 0.875 bits per heavy atom. The predicted octanol–water partition coefficient (Wildman–Crippen LogP) is 10.7. The van der Waals surface area contributed by atoms with Gasteiger partial charge in [-0.25, -0.2) is 9.97 Å². The highest BCUT2D eigenvalue weighted by molar-refractivity contribution is 6.29. The summed E-state index contributed by atoms with van der Waals surface area (Å²) in [4.78, 5) is 12.6. The van der Waals surface area contributed by atoms with E-state index in [1.165, 1.54) is 33.5 Å². The molecule has 3 N–H and O–H groups in total. The van der Waals surface area contributed by atoms with Crippen molar-refractivity contribution in [2.24, 2.45) is 5.73 Å². The van der Waals surface area contributed by atoms with Crippen LogP contribution in [0.3, 0.4) is 0 Å². The first-order valence-electron chi connectivity index (χ1n) is 16.1. The Bertz CT molecular complexity index is 1480. The van der Waals surface area contributed by atoms with Crippen LogP contribution in [0, 0.1) is 55.4 Å². The molecule has 5 rings (SSSR count). The van der Waals surface area contributed by atoms with Crippen molar-refractivity contribution in [3.05, 3.63) is 157 Å². The zero-order valence-electron chi connectivity index (χ0n) is 30.6. The SMILES string of the molecule is CO.Cc1cc(C)nc(Cl)c1.Cc1cc(C)nc(Cl)c1.Cc1ccc(C(C)Cc2cc(C)cc(C)n2)cc1.Cc1ccc(C(C)N)cc1. The summed E-state index contributed by atoms with van der Waals surface area (Å²) < 4.78 is 0. The van der Waals surface area contributed by atoms with Gasteiger partial charge in [0.2, 0.25) is 0 Å². The van der Waals surface area contributed by atoms with Crippen molar-refractivity contribution >= 4 is 23.2 Å². The number of aromatic nitrogens is 3. The largest absolute Gasteiger partial charge is 0.400 e. The molecule has 2 aromatic carbocycles. The smallest absolute Gasteiger partial charge is 0.129 e. The molecule has 0 spiro atoms. The highest BCUT2D eigenvalue weighted by atomic mass is 35.5. The van der Waals surface area contributed by atoms with E-state index < -0.39 is 0 Å². The number of nitrogens with two attached hydrogens (primary N) is 1. The van der Waals surface area contributed by atoms with Gasteiger partial charge in [-0.3, -0.25) is 4.98 Å². The van der Waals surface area contributed by atoms with Crippen LogP contribution in [0.5, 0.6) is 0 Å². The third-order valence-corrected chi connectivity index (χ3v) is 7.44. The lowest BCUT2D eigenvalue weighted by molar-refractivity contribution is 0.399. The molecule has 0 saturated carbocycles. The molecule has 48 heavy (non-hydrogen) atoms. The lowest BCUT2D eigenvalue weighted by Crippen LogP contribution is -2.04. The minimum Gasteiger partial charge on any atom is -0.400 e. The zero-order valence-corrected chi connectivity index (χ0v) is 32.1. The van der Waals surface area contributed by atoms with Crippen LogP contribution >= 0.6 is 23.2 Å². The summed E-state index contributed by atoms with van der Waals surface area (Å²) in [5.74, 6) is 0.513. The van der Waals surface area contributed by atoms with Gasteiger partial charge in [0.05, 0.1) is 0 Å². The minimum atomic E-state index is 0.153. The summed E-state index contributed by atoms with van der Waals surface area (Å²) in [5, 5.41) is 8.15. The van der Waals surface area contributed by atoms with Crippen LogP contribution in [0.2, 0.25) is 10.3 Å². The number of pyridine rings is 3. The van der Waals surface area contributed by atoms with Crippen molar-refractivity contribution in [3.63, 3.8) is 0 Å². The number of benzene rings is 2. The van der Waals surface area contributed by atoms with E-state index in [1.807, 2.05) is 58.9 Å². The summed E-state index contributed by atoms with van der Waals surface area (Å²) in [7, 11) is 1.00. The van der Waals surface area contributed by atoms with Gasteiger partial charge in [-0.05, 0) is 139 Å². The van der Waals surface area contributed by atoms with Gasteiger partial charge in [0.1, 0.15) is 10.3 Å². The van der Waals surface area contributed by atoms with E-state index in [4.69, 9.17) is 34.0 Å². The molecule has 0 aliphatic carbocycles. The first kappa shape index (κ1) is 42.4. The summed E-state index contributed by atoms with van der Waals surface area (Å²) in [6, 6.07) is 29.3. The van der Waals surface area contributed by atoms with Gasteiger partial charge in [-0.1, -0.05) is 89.8 Å². The Labute approximate surface area is 299 Å². The first-order valence-corrected chi connectivity index (χ1v) is 16.9. The molecule has 3 heterocycles. The van der Waals surface area contributed by atoms with E-state index >= 15 is 0 Å². The van der Waals surface area contributed by atoms with Crippen LogP contribution in [0.15, 0.2) is 84.9 Å². The summed E-state index contributed by atoms with van der Waals surface area (Å²) in [6.07, 6.45) is 1.01. The van der Waals surface area contributed by atoms with Crippen molar-refractivity contribution in [2.45, 2.75) is 87.6 Å². The molecule has 2 unspecified atom stereocenters. The molecular weight excluding hydrogens is 635 g/mol. The maximum absolute atomic E-state index is 7.00. The summed E-state index contributed by atoms with van der Waals surface area (Å²) in [5.41, 5.74) is 18.7. The van der Waals surface area contributed by atoms with E-state index in [0.717, 1.165) is 41.7 Å². The lowest BCUT2D eigenvalue weighted by atomic mass is 9.95. The normalized spacial score (nSPS) is 11.1. The Morgan fingerprint density at radius 3 is 1.21 bits per heavy atom. The van der Waals surface area contributed by atoms with Crippen LogP contribution in [0.25, 0.3) is 0 Å². The number of halogens is 2. The molecule has 0 saturated heterocycles. The second kappa shape index (κ2) is 22.1. The topological polar surface area (TPSA) is 84.9 Å². The monoisotopic (exact) mass is 688 g/mol. The fraction of sp³-hybridized carbons (Fsp3) is 0.341. The lowest BCUT2D eigenvalue weighted by Gasteiger charge is -2.12. The second-order valence-corrected chi connectivity index (χ2v) is 13.0. The number of hydrogen-bond acceptors (Lipinski definition) is 5. The minimum absolute atomic E-state index is 0.153. The molecule has 0 radical (unpaired) electrons. The predicted molar refractivity (Wildman–Crippen MR) is 206 cm³/mol. The van der Waals surface area contributed by atoms with E-state index in [2.05, 4.69) is 110 Å². The van der Waals surface area contributed by atoms with Crippen LogP contribution in [-0.4, -0.2) is 27.2 Å². The van der Waals surface area contributed by atoms with Gasteiger partial charge >= 0.3 is 0 Å². The standard InChI is InChI=1S/C17H21N.C9H13N.2C7H8ClN.CH4O/c1-12-5-7-16(8-6-12)14(3)11-17-10-13(2)9-15(4)18-17;1-7-3-5-9(6-4-7)8(2)10;2*1-5-3-6(2)9-7(8)4-5;1-2/h5-10,14H,11H2,1-4H3;3-6,8H,10H2,1-2H3;2*3-4H,1-2H3;2H,1H3. The number of rotatable bonds is 4. The van der Waals surface area contributed by atoms with Crippen molar-refractivity contribution in [3.8, 4) is 0 Å². The average molecular weight is 690 g/mol. The molecule has 258 valence electrons. The van der Waals surface area contributed by atoms with E-state index in [1.54, 1.807) is 0 Å². The Hall–Kier alpha value is -3.61. The molecule has 0 aliphatic rings. The highest BCUT2D eigenvalue weighted by Crippen LogP contribution is 2.21. The molecule has 2 atom stereocenters. The Balaban J connectivity index is 0.000000331. The van der Waals surface area contributed by atoms with Crippen LogP contribution in [0.4, 0.5) is 0 Å². The number of hydrogen-bond donors (Lipinski definition) is 2. The van der Waals surface area contributed by atoms with Crippen LogP contribution < -0.4 is 5.73 Å². The fourth-order valence-electron chi connectivity index (χ4n) is 4.81. The van der Waals surface area contributed by atoms with Gasteiger partial charge in [0, 0.05) is 35.9 Å². The molecule has 0 fully saturated rings. The molecule has 0 bridgehead atoms. The van der Waals surface area contributed by atoms with Crippen molar-refractivity contribution in [1.29, 1.82) is 0 Å². The third-order valence-electron chi connectivity index (χ3n) is 7.05. The summed E-state index contributed by atoms with van der Waals surface area (Å²) in [6.45, 7) is 20.5. The number of nitrogens with zero attached hydrogens (tertiary/aromatic N) is 3. The van der Waals surface area contributed by atoms with E-state index in [-0.39, 0.29) is 6.04 Å². The number of aliphatic hydroxyl groups excluding tert-OH is 1.